The molecule has 0 unspecified atom stereocenters. The van der Waals surface area contributed by atoms with Gasteiger partial charge in [-0.3, -0.25) is 4.79 Å². The molecular formula is C18H26F2N2O2. The van der Waals surface area contributed by atoms with Gasteiger partial charge in [0.1, 0.15) is 11.6 Å². The first kappa shape index (κ1) is 18.8. The van der Waals surface area contributed by atoms with Gasteiger partial charge in [0.25, 0.3) is 0 Å². The molecule has 1 aromatic rings. The second-order valence-electron chi connectivity index (χ2n) is 6.26. The summed E-state index contributed by atoms with van der Waals surface area (Å²) in [7, 11) is 1.71. The van der Waals surface area contributed by atoms with Crippen molar-refractivity contribution < 1.29 is 18.3 Å². The SMILES string of the molecule is COCCCCN1CCC(NC(=O)Cc2c(F)cccc2F)CC1. The smallest absolute Gasteiger partial charge is 0.224 e. The van der Waals surface area contributed by atoms with E-state index in [1.54, 1.807) is 7.11 Å². The normalized spacial score (nSPS) is 16.3. The van der Waals surface area contributed by atoms with Crippen LogP contribution in [-0.4, -0.2) is 50.2 Å². The third kappa shape index (κ3) is 5.83. The van der Waals surface area contributed by atoms with Gasteiger partial charge in [-0.15, -0.1) is 0 Å². The maximum absolute atomic E-state index is 13.6. The lowest BCUT2D eigenvalue weighted by molar-refractivity contribution is -0.121. The molecule has 1 aliphatic heterocycles. The number of methoxy groups -OCH3 is 1. The Labute approximate surface area is 142 Å². The topological polar surface area (TPSA) is 41.6 Å². The Hall–Kier alpha value is -1.53. The summed E-state index contributed by atoms with van der Waals surface area (Å²) in [6.45, 7) is 3.71. The van der Waals surface area contributed by atoms with Gasteiger partial charge in [-0.1, -0.05) is 6.07 Å². The van der Waals surface area contributed by atoms with Crippen LogP contribution in [0.25, 0.3) is 0 Å². The molecule has 0 atom stereocenters. The Morgan fingerprint density at radius 2 is 1.92 bits per heavy atom. The first-order valence-corrected chi connectivity index (χ1v) is 8.53. The summed E-state index contributed by atoms with van der Waals surface area (Å²) in [6, 6.07) is 3.73. The van der Waals surface area contributed by atoms with Gasteiger partial charge in [0, 0.05) is 38.4 Å². The fraction of sp³-hybridized carbons (Fsp3) is 0.611. The summed E-state index contributed by atoms with van der Waals surface area (Å²) in [5, 5.41) is 2.90. The van der Waals surface area contributed by atoms with Crippen molar-refractivity contribution in [2.45, 2.75) is 38.1 Å². The van der Waals surface area contributed by atoms with E-state index in [-0.39, 0.29) is 23.9 Å². The van der Waals surface area contributed by atoms with Crippen molar-refractivity contribution >= 4 is 5.91 Å². The lowest BCUT2D eigenvalue weighted by Crippen LogP contribution is -2.45. The molecule has 1 aromatic carbocycles. The molecule has 0 aromatic heterocycles. The first-order chi connectivity index (χ1) is 11.6. The van der Waals surface area contributed by atoms with E-state index in [2.05, 4.69) is 10.2 Å². The molecule has 0 aliphatic carbocycles. The van der Waals surface area contributed by atoms with E-state index < -0.39 is 11.6 Å². The molecule has 0 spiro atoms. The number of amides is 1. The fourth-order valence-electron chi connectivity index (χ4n) is 3.02. The number of nitrogens with zero attached hydrogens (tertiary/aromatic N) is 1. The van der Waals surface area contributed by atoms with Gasteiger partial charge in [-0.05, 0) is 44.4 Å². The summed E-state index contributed by atoms with van der Waals surface area (Å²) < 4.78 is 32.2. The van der Waals surface area contributed by atoms with Crippen molar-refractivity contribution in [3.63, 3.8) is 0 Å². The van der Waals surface area contributed by atoms with Gasteiger partial charge in [0.2, 0.25) is 5.91 Å². The van der Waals surface area contributed by atoms with Gasteiger partial charge in [0.15, 0.2) is 0 Å². The highest BCUT2D eigenvalue weighted by atomic mass is 19.1. The molecular weight excluding hydrogens is 314 g/mol. The van der Waals surface area contributed by atoms with Crippen molar-refractivity contribution in [2.24, 2.45) is 0 Å². The zero-order valence-corrected chi connectivity index (χ0v) is 14.2. The van der Waals surface area contributed by atoms with E-state index in [1.807, 2.05) is 0 Å². The van der Waals surface area contributed by atoms with E-state index >= 15 is 0 Å². The highest BCUT2D eigenvalue weighted by Gasteiger charge is 2.21. The van der Waals surface area contributed by atoms with Crippen LogP contribution >= 0.6 is 0 Å². The number of likely N-dealkylation sites (tertiary alicyclic amines) is 1. The number of nitrogens with one attached hydrogen (secondary N) is 1. The number of halogens is 2. The van der Waals surface area contributed by atoms with Crippen LogP contribution in [0.1, 0.15) is 31.2 Å². The number of benzene rings is 1. The first-order valence-electron chi connectivity index (χ1n) is 8.53. The summed E-state index contributed by atoms with van der Waals surface area (Å²) in [5.41, 5.74) is -0.162. The predicted octanol–water partition coefficient (Wildman–Crippen LogP) is 2.51. The van der Waals surface area contributed by atoms with Crippen LogP contribution in [-0.2, 0) is 16.0 Å². The number of hydrogen-bond donors (Lipinski definition) is 1. The van der Waals surface area contributed by atoms with Gasteiger partial charge in [-0.2, -0.15) is 0 Å². The minimum Gasteiger partial charge on any atom is -0.385 e. The molecule has 0 bridgehead atoms. The Morgan fingerprint density at radius 3 is 2.54 bits per heavy atom. The van der Waals surface area contributed by atoms with Crippen LogP contribution in [0.5, 0.6) is 0 Å². The molecule has 1 amide bonds. The number of ether oxygens (including phenoxy) is 1. The van der Waals surface area contributed by atoms with E-state index in [0.29, 0.717) is 0 Å². The Bertz CT molecular complexity index is 512. The third-order valence-corrected chi connectivity index (χ3v) is 4.42. The lowest BCUT2D eigenvalue weighted by atomic mass is 10.0. The maximum Gasteiger partial charge on any atom is 0.224 e. The summed E-state index contributed by atoms with van der Waals surface area (Å²) in [5.74, 6) is -1.66. The van der Waals surface area contributed by atoms with E-state index in [0.717, 1.165) is 51.9 Å². The monoisotopic (exact) mass is 340 g/mol. The zero-order chi connectivity index (χ0) is 17.4. The highest BCUT2D eigenvalue weighted by molar-refractivity contribution is 5.79. The van der Waals surface area contributed by atoms with E-state index in [1.165, 1.54) is 18.2 Å². The van der Waals surface area contributed by atoms with Crippen LogP contribution in [0.3, 0.4) is 0 Å². The molecule has 1 N–H and O–H groups in total. The van der Waals surface area contributed by atoms with Gasteiger partial charge < -0.3 is 15.0 Å². The van der Waals surface area contributed by atoms with Gasteiger partial charge in [0.05, 0.1) is 6.42 Å². The molecule has 1 saturated heterocycles. The zero-order valence-electron chi connectivity index (χ0n) is 14.2. The molecule has 1 heterocycles. The van der Waals surface area contributed by atoms with Crippen molar-refractivity contribution in [2.75, 3.05) is 33.4 Å². The standard InChI is InChI=1S/C18H26F2N2O2/c1-24-12-3-2-9-22-10-7-14(8-11-22)21-18(23)13-15-16(19)5-4-6-17(15)20/h4-6,14H,2-3,7-13H2,1H3,(H,21,23). The number of hydrogen-bond acceptors (Lipinski definition) is 3. The molecule has 6 heteroatoms. The van der Waals surface area contributed by atoms with Crippen LogP contribution < -0.4 is 5.32 Å². The molecule has 2 rings (SSSR count). The number of unbranched alkanes of at least 4 members (excludes halogenated alkanes) is 1. The number of carbonyl (C=O) groups is 1. The van der Waals surface area contributed by atoms with Crippen LogP contribution in [0.4, 0.5) is 8.78 Å². The Morgan fingerprint density at radius 1 is 1.25 bits per heavy atom. The second-order valence-corrected chi connectivity index (χ2v) is 6.26. The van der Waals surface area contributed by atoms with E-state index in [9.17, 15) is 13.6 Å². The summed E-state index contributed by atoms with van der Waals surface area (Å²) in [6.07, 6.45) is 3.65. The van der Waals surface area contributed by atoms with Gasteiger partial charge in [-0.25, -0.2) is 8.78 Å². The van der Waals surface area contributed by atoms with Crippen LogP contribution in [0, 0.1) is 11.6 Å². The molecule has 0 radical (unpaired) electrons. The minimum absolute atomic E-state index is 0.0857. The predicted molar refractivity (Wildman–Crippen MR) is 88.8 cm³/mol. The van der Waals surface area contributed by atoms with Crippen LogP contribution in [0.2, 0.25) is 0 Å². The van der Waals surface area contributed by atoms with Crippen molar-refractivity contribution in [3.8, 4) is 0 Å². The average molecular weight is 340 g/mol. The molecule has 24 heavy (non-hydrogen) atoms. The molecule has 134 valence electrons. The van der Waals surface area contributed by atoms with Crippen LogP contribution in [0.15, 0.2) is 18.2 Å². The third-order valence-electron chi connectivity index (χ3n) is 4.42. The number of carbonyl (C=O) groups excluding carboxylic acids is 1. The van der Waals surface area contributed by atoms with Crippen molar-refractivity contribution in [1.29, 1.82) is 0 Å². The second kappa shape index (κ2) is 9.69. The lowest BCUT2D eigenvalue weighted by Gasteiger charge is -2.32. The minimum atomic E-state index is -0.670. The van der Waals surface area contributed by atoms with Crippen molar-refractivity contribution in [3.05, 3.63) is 35.4 Å². The average Bonchev–Trinajstić information content (AvgIpc) is 2.57. The Balaban J connectivity index is 1.71. The number of rotatable bonds is 8. The molecule has 1 fully saturated rings. The number of piperidine rings is 1. The summed E-state index contributed by atoms with van der Waals surface area (Å²) in [4.78, 5) is 14.4. The highest BCUT2D eigenvalue weighted by Crippen LogP contribution is 2.14. The molecule has 4 nitrogen and oxygen atoms in total. The maximum atomic E-state index is 13.6. The summed E-state index contributed by atoms with van der Waals surface area (Å²) >= 11 is 0. The molecule has 1 aliphatic rings. The Kier molecular flexibility index (Phi) is 7.59. The van der Waals surface area contributed by atoms with Gasteiger partial charge >= 0.3 is 0 Å². The quantitative estimate of drug-likeness (QED) is 0.740. The fourth-order valence-corrected chi connectivity index (χ4v) is 3.02. The van der Waals surface area contributed by atoms with E-state index in [4.69, 9.17) is 4.74 Å². The molecule has 0 saturated carbocycles. The largest absolute Gasteiger partial charge is 0.385 e. The van der Waals surface area contributed by atoms with Crippen molar-refractivity contribution in [1.82, 2.24) is 10.2 Å².